The summed E-state index contributed by atoms with van der Waals surface area (Å²) in [4.78, 5) is 23.5. The predicted octanol–water partition coefficient (Wildman–Crippen LogP) is 3.69. The van der Waals surface area contributed by atoms with E-state index in [1.807, 2.05) is 37.3 Å². The summed E-state index contributed by atoms with van der Waals surface area (Å²) in [5.41, 5.74) is 3.13. The van der Waals surface area contributed by atoms with Crippen molar-refractivity contribution >= 4 is 29.0 Å². The van der Waals surface area contributed by atoms with Crippen LogP contribution in [0.5, 0.6) is 0 Å². The third-order valence-corrected chi connectivity index (χ3v) is 4.88. The number of rotatable bonds is 6. The molecule has 0 aliphatic carbocycles. The fourth-order valence-electron chi connectivity index (χ4n) is 3.32. The highest BCUT2D eigenvalue weighted by Gasteiger charge is 2.14. The third kappa shape index (κ3) is 5.76. The van der Waals surface area contributed by atoms with Gasteiger partial charge in [-0.1, -0.05) is 12.1 Å². The van der Waals surface area contributed by atoms with Gasteiger partial charge in [-0.3, -0.25) is 4.79 Å². The van der Waals surface area contributed by atoms with Crippen LogP contribution in [0.1, 0.15) is 11.3 Å². The van der Waals surface area contributed by atoms with Crippen LogP contribution in [0, 0.1) is 12.7 Å². The van der Waals surface area contributed by atoms with E-state index in [9.17, 15) is 9.18 Å². The molecule has 2 N–H and O–H groups in total. The van der Waals surface area contributed by atoms with Crippen molar-refractivity contribution in [3.8, 4) is 0 Å². The topological polar surface area (TPSA) is 79.4 Å². The molecule has 1 aliphatic heterocycles. The molecule has 160 valence electrons. The van der Waals surface area contributed by atoms with Gasteiger partial charge in [-0.05, 0) is 48.9 Å². The lowest BCUT2D eigenvalue weighted by atomic mass is 10.1. The molecule has 7 nitrogen and oxygen atoms in total. The highest BCUT2D eigenvalue weighted by Crippen LogP contribution is 2.21. The minimum absolute atomic E-state index is 0.163. The van der Waals surface area contributed by atoms with Crippen molar-refractivity contribution in [2.45, 2.75) is 13.3 Å². The summed E-state index contributed by atoms with van der Waals surface area (Å²) in [7, 11) is 0. The molecule has 0 spiro atoms. The predicted molar refractivity (Wildman–Crippen MR) is 118 cm³/mol. The van der Waals surface area contributed by atoms with Gasteiger partial charge >= 0.3 is 0 Å². The van der Waals surface area contributed by atoms with Crippen LogP contribution in [0.25, 0.3) is 0 Å². The lowest BCUT2D eigenvalue weighted by Crippen LogP contribution is -2.36. The second-order valence-electron chi connectivity index (χ2n) is 7.34. The van der Waals surface area contributed by atoms with Crippen LogP contribution in [-0.2, 0) is 16.0 Å². The van der Waals surface area contributed by atoms with Crippen LogP contribution in [0.15, 0.2) is 54.6 Å². The Hall–Kier alpha value is -3.52. The third-order valence-electron chi connectivity index (χ3n) is 4.88. The number of amides is 1. The minimum atomic E-state index is -0.318. The molecule has 1 amide bonds. The summed E-state index contributed by atoms with van der Waals surface area (Å²) in [5.74, 6) is 0.920. The number of hydrogen-bond acceptors (Lipinski definition) is 6. The maximum Gasteiger partial charge on any atom is 0.229 e. The summed E-state index contributed by atoms with van der Waals surface area (Å²) < 4.78 is 18.4. The molecule has 0 radical (unpaired) electrons. The summed E-state index contributed by atoms with van der Waals surface area (Å²) in [6.07, 6.45) is 0.182. The van der Waals surface area contributed by atoms with Gasteiger partial charge in [-0.2, -0.15) is 4.98 Å². The Kier molecular flexibility index (Phi) is 6.37. The van der Waals surface area contributed by atoms with Crippen molar-refractivity contribution in [3.63, 3.8) is 0 Å². The van der Waals surface area contributed by atoms with Crippen molar-refractivity contribution in [1.82, 2.24) is 9.97 Å². The zero-order valence-electron chi connectivity index (χ0n) is 17.3. The average molecular weight is 421 g/mol. The molecule has 8 heteroatoms. The molecular weight excluding hydrogens is 397 g/mol. The SMILES string of the molecule is Cc1cc(N2CCOCC2)nc(Nc2ccc(NC(=O)Cc3ccc(F)cc3)cc2)n1. The highest BCUT2D eigenvalue weighted by atomic mass is 19.1. The smallest absolute Gasteiger partial charge is 0.229 e. The van der Waals surface area contributed by atoms with E-state index >= 15 is 0 Å². The maximum absolute atomic E-state index is 13.0. The van der Waals surface area contributed by atoms with Crippen LogP contribution < -0.4 is 15.5 Å². The largest absolute Gasteiger partial charge is 0.378 e. The number of aryl methyl sites for hydroxylation is 1. The molecule has 2 heterocycles. The number of nitrogens with one attached hydrogen (secondary N) is 2. The summed E-state index contributed by atoms with van der Waals surface area (Å²) in [6.45, 7) is 4.95. The molecule has 3 aromatic rings. The molecule has 1 aromatic heterocycles. The summed E-state index contributed by atoms with van der Waals surface area (Å²) >= 11 is 0. The normalized spacial score (nSPS) is 13.7. The molecular formula is C23H24FN5O2. The molecule has 2 aromatic carbocycles. The maximum atomic E-state index is 13.0. The van der Waals surface area contributed by atoms with Gasteiger partial charge in [-0.15, -0.1) is 0 Å². The first-order valence-electron chi connectivity index (χ1n) is 10.1. The number of ether oxygens (including phenoxy) is 1. The average Bonchev–Trinajstić information content (AvgIpc) is 2.77. The highest BCUT2D eigenvalue weighted by molar-refractivity contribution is 5.92. The Morgan fingerprint density at radius 2 is 1.71 bits per heavy atom. The lowest BCUT2D eigenvalue weighted by Gasteiger charge is -2.28. The Bertz CT molecular complexity index is 1030. The first-order chi connectivity index (χ1) is 15.0. The molecule has 0 unspecified atom stereocenters. The second kappa shape index (κ2) is 9.53. The van der Waals surface area contributed by atoms with Gasteiger partial charge in [-0.25, -0.2) is 9.37 Å². The van der Waals surface area contributed by atoms with Crippen molar-refractivity contribution < 1.29 is 13.9 Å². The molecule has 0 atom stereocenters. The van der Waals surface area contributed by atoms with Crippen LogP contribution in [0.4, 0.5) is 27.5 Å². The summed E-state index contributed by atoms with van der Waals surface area (Å²) in [5, 5.41) is 6.07. The van der Waals surface area contributed by atoms with E-state index < -0.39 is 0 Å². The van der Waals surface area contributed by atoms with Crippen LogP contribution >= 0.6 is 0 Å². The van der Waals surface area contributed by atoms with E-state index in [0.717, 1.165) is 35.9 Å². The molecule has 31 heavy (non-hydrogen) atoms. The second-order valence-corrected chi connectivity index (χ2v) is 7.34. The Labute approximate surface area is 180 Å². The van der Waals surface area contributed by atoms with Gasteiger partial charge in [0.15, 0.2) is 0 Å². The fraction of sp³-hybridized carbons (Fsp3) is 0.261. The molecule has 0 bridgehead atoms. The van der Waals surface area contributed by atoms with Gasteiger partial charge in [0, 0.05) is 36.2 Å². The van der Waals surface area contributed by atoms with Gasteiger partial charge in [0.05, 0.1) is 19.6 Å². The van der Waals surface area contributed by atoms with Crippen molar-refractivity contribution in [1.29, 1.82) is 0 Å². The molecule has 1 saturated heterocycles. The number of benzene rings is 2. The fourth-order valence-corrected chi connectivity index (χ4v) is 3.32. The lowest BCUT2D eigenvalue weighted by molar-refractivity contribution is -0.115. The number of hydrogen-bond donors (Lipinski definition) is 2. The number of nitrogens with zero attached hydrogens (tertiary/aromatic N) is 3. The Morgan fingerprint density at radius 1 is 1.03 bits per heavy atom. The van der Waals surface area contributed by atoms with Crippen molar-refractivity contribution in [2.75, 3.05) is 41.8 Å². The van der Waals surface area contributed by atoms with E-state index in [4.69, 9.17) is 4.74 Å². The number of anilines is 4. The van der Waals surface area contributed by atoms with Gasteiger partial charge in [0.1, 0.15) is 11.6 Å². The Morgan fingerprint density at radius 3 is 2.42 bits per heavy atom. The first kappa shape index (κ1) is 20.7. The van der Waals surface area contributed by atoms with E-state index in [1.165, 1.54) is 12.1 Å². The number of morpholine rings is 1. The standard InChI is InChI=1S/C23H24FN5O2/c1-16-14-21(29-10-12-31-13-11-29)28-23(25-16)27-20-8-6-19(7-9-20)26-22(30)15-17-2-4-18(24)5-3-17/h2-9,14H,10-13,15H2,1H3,(H,26,30)(H,25,27,28). The van der Waals surface area contributed by atoms with Gasteiger partial charge in [0.25, 0.3) is 0 Å². The van der Waals surface area contributed by atoms with E-state index in [-0.39, 0.29) is 18.1 Å². The van der Waals surface area contributed by atoms with Crippen LogP contribution in [0.2, 0.25) is 0 Å². The molecule has 1 aliphatic rings. The monoisotopic (exact) mass is 421 g/mol. The molecule has 1 fully saturated rings. The number of aromatic nitrogens is 2. The van der Waals surface area contributed by atoms with Crippen molar-refractivity contribution in [3.05, 3.63) is 71.7 Å². The molecule has 0 saturated carbocycles. The number of carbonyl (C=O) groups is 1. The number of halogens is 1. The van der Waals surface area contributed by atoms with Gasteiger partial charge in [0.2, 0.25) is 11.9 Å². The summed E-state index contributed by atoms with van der Waals surface area (Å²) in [6, 6.07) is 15.2. The van der Waals surface area contributed by atoms with E-state index in [0.29, 0.717) is 24.8 Å². The molecule has 4 rings (SSSR count). The van der Waals surface area contributed by atoms with Crippen LogP contribution in [-0.4, -0.2) is 42.2 Å². The zero-order valence-corrected chi connectivity index (χ0v) is 17.3. The van der Waals surface area contributed by atoms with Crippen LogP contribution in [0.3, 0.4) is 0 Å². The van der Waals surface area contributed by atoms with E-state index in [2.05, 4.69) is 25.5 Å². The van der Waals surface area contributed by atoms with E-state index in [1.54, 1.807) is 12.1 Å². The van der Waals surface area contributed by atoms with Crippen molar-refractivity contribution in [2.24, 2.45) is 0 Å². The first-order valence-corrected chi connectivity index (χ1v) is 10.1. The quantitative estimate of drug-likeness (QED) is 0.632. The Balaban J connectivity index is 1.37. The minimum Gasteiger partial charge on any atom is -0.378 e. The zero-order chi connectivity index (χ0) is 21.6. The number of carbonyl (C=O) groups excluding carboxylic acids is 1. The van der Waals surface area contributed by atoms with Gasteiger partial charge < -0.3 is 20.3 Å².